The molecule has 0 amide bonds. The molecule has 1 saturated carbocycles. The molecule has 0 aromatic heterocycles. The van der Waals surface area contributed by atoms with Crippen LogP contribution in [0.1, 0.15) is 52.4 Å². The van der Waals surface area contributed by atoms with Gasteiger partial charge in [0.25, 0.3) is 0 Å². The summed E-state index contributed by atoms with van der Waals surface area (Å²) in [5.74, 6) is 0.973. The number of nitrogens with zero attached hydrogens (tertiary/aromatic N) is 2. The summed E-state index contributed by atoms with van der Waals surface area (Å²) in [6, 6.07) is 0.681. The maximum Gasteiger partial charge on any atom is 0.191 e. The van der Waals surface area contributed by atoms with E-state index in [2.05, 4.69) is 34.4 Å². The second kappa shape index (κ2) is 9.18. The molecule has 0 aromatic carbocycles. The Morgan fingerprint density at radius 1 is 1.24 bits per heavy atom. The Bertz CT molecular complexity index is 326. The predicted molar refractivity (Wildman–Crippen MR) is 102 cm³/mol. The second-order valence-electron chi connectivity index (χ2n) is 6.75. The van der Waals surface area contributed by atoms with E-state index >= 15 is 0 Å². The Balaban J connectivity index is 0.00000220. The maximum atomic E-state index is 4.37. The van der Waals surface area contributed by atoms with Crippen LogP contribution >= 0.6 is 24.0 Å². The summed E-state index contributed by atoms with van der Waals surface area (Å²) in [5.41, 5.74) is 0.473. The van der Waals surface area contributed by atoms with Crippen molar-refractivity contribution >= 4 is 29.9 Å². The lowest BCUT2D eigenvalue weighted by molar-refractivity contribution is 0.266. The van der Waals surface area contributed by atoms with E-state index in [1.54, 1.807) is 0 Å². The summed E-state index contributed by atoms with van der Waals surface area (Å²) in [5, 5.41) is 7.04. The average Bonchev–Trinajstić information content (AvgIpc) is 3.08. The van der Waals surface area contributed by atoms with Gasteiger partial charge in [0.05, 0.1) is 0 Å². The third kappa shape index (κ3) is 5.58. The summed E-state index contributed by atoms with van der Waals surface area (Å²) in [6.07, 6.45) is 8.13. The number of hydrogen-bond acceptors (Lipinski definition) is 2. The molecule has 1 saturated heterocycles. The number of likely N-dealkylation sites (tertiary alicyclic amines) is 1. The standard InChI is InChI=1S/C16H32N4.HI/c1-4-20-11-7-8-14(20)12-18-15(17-3)19-13-16(2)9-5-6-10-16;/h14H,4-13H2,1-3H3,(H2,17,18,19);1H. The number of nitrogens with one attached hydrogen (secondary N) is 2. The van der Waals surface area contributed by atoms with Gasteiger partial charge in [0.2, 0.25) is 0 Å². The molecule has 2 rings (SSSR count). The van der Waals surface area contributed by atoms with Crippen molar-refractivity contribution in [3.8, 4) is 0 Å². The number of guanidine groups is 1. The van der Waals surface area contributed by atoms with Crippen LogP contribution in [-0.4, -0.2) is 50.1 Å². The number of likely N-dealkylation sites (N-methyl/N-ethyl adjacent to an activating group) is 1. The molecule has 2 aliphatic rings. The number of halogens is 1. The monoisotopic (exact) mass is 408 g/mol. The van der Waals surface area contributed by atoms with Gasteiger partial charge >= 0.3 is 0 Å². The summed E-state index contributed by atoms with van der Waals surface area (Å²) in [7, 11) is 1.87. The molecule has 1 heterocycles. The van der Waals surface area contributed by atoms with E-state index < -0.39 is 0 Å². The van der Waals surface area contributed by atoms with Crippen LogP contribution in [0.5, 0.6) is 0 Å². The highest BCUT2D eigenvalue weighted by molar-refractivity contribution is 14.0. The van der Waals surface area contributed by atoms with E-state index in [4.69, 9.17) is 0 Å². The molecule has 4 nitrogen and oxygen atoms in total. The second-order valence-corrected chi connectivity index (χ2v) is 6.75. The third-order valence-corrected chi connectivity index (χ3v) is 5.13. The zero-order chi connectivity index (χ0) is 14.4. The van der Waals surface area contributed by atoms with Crippen LogP contribution in [0.4, 0.5) is 0 Å². The topological polar surface area (TPSA) is 39.7 Å². The van der Waals surface area contributed by atoms with Crippen molar-refractivity contribution in [2.24, 2.45) is 10.4 Å². The molecule has 1 aliphatic carbocycles. The molecule has 0 radical (unpaired) electrons. The van der Waals surface area contributed by atoms with Crippen LogP contribution in [0.2, 0.25) is 0 Å². The maximum absolute atomic E-state index is 4.37. The first-order valence-electron chi connectivity index (χ1n) is 8.35. The summed E-state index contributed by atoms with van der Waals surface area (Å²) in [6.45, 7) is 9.14. The average molecular weight is 408 g/mol. The normalized spacial score (nSPS) is 25.7. The van der Waals surface area contributed by atoms with E-state index in [0.717, 1.165) is 25.6 Å². The fourth-order valence-electron chi connectivity index (χ4n) is 3.68. The van der Waals surface area contributed by atoms with Crippen molar-refractivity contribution in [1.82, 2.24) is 15.5 Å². The number of rotatable bonds is 5. The lowest BCUT2D eigenvalue weighted by Gasteiger charge is -2.27. The van der Waals surface area contributed by atoms with E-state index in [0.29, 0.717) is 11.5 Å². The lowest BCUT2D eigenvalue weighted by Crippen LogP contribution is -2.46. The van der Waals surface area contributed by atoms with Crippen LogP contribution in [0.15, 0.2) is 4.99 Å². The van der Waals surface area contributed by atoms with Crippen molar-refractivity contribution < 1.29 is 0 Å². The fraction of sp³-hybridized carbons (Fsp3) is 0.938. The zero-order valence-corrected chi connectivity index (χ0v) is 16.3. The third-order valence-electron chi connectivity index (χ3n) is 5.13. The molecule has 124 valence electrons. The highest BCUT2D eigenvalue weighted by atomic mass is 127. The Labute approximate surface area is 147 Å². The van der Waals surface area contributed by atoms with Gasteiger partial charge in [-0.05, 0) is 44.2 Å². The van der Waals surface area contributed by atoms with Gasteiger partial charge in [-0.1, -0.05) is 26.7 Å². The Hall–Kier alpha value is -0.0400. The van der Waals surface area contributed by atoms with Gasteiger partial charge in [0.1, 0.15) is 0 Å². The van der Waals surface area contributed by atoms with Crippen molar-refractivity contribution in [3.63, 3.8) is 0 Å². The molecule has 1 aliphatic heterocycles. The largest absolute Gasteiger partial charge is 0.356 e. The SMILES string of the molecule is CCN1CCCC1CNC(=NC)NCC1(C)CCCC1.I. The fourth-order valence-corrected chi connectivity index (χ4v) is 3.68. The minimum Gasteiger partial charge on any atom is -0.356 e. The van der Waals surface area contributed by atoms with Crippen LogP contribution in [0.25, 0.3) is 0 Å². The molecule has 2 fully saturated rings. The van der Waals surface area contributed by atoms with Gasteiger partial charge in [0.15, 0.2) is 5.96 Å². The smallest absolute Gasteiger partial charge is 0.191 e. The molecular weight excluding hydrogens is 375 g/mol. The van der Waals surface area contributed by atoms with Gasteiger partial charge in [-0.2, -0.15) is 0 Å². The first-order chi connectivity index (χ1) is 9.67. The first kappa shape index (κ1) is 19.0. The van der Waals surface area contributed by atoms with Gasteiger partial charge in [-0.25, -0.2) is 0 Å². The number of hydrogen-bond donors (Lipinski definition) is 2. The van der Waals surface area contributed by atoms with E-state index in [1.807, 2.05) is 7.05 Å². The molecule has 5 heteroatoms. The molecule has 0 aromatic rings. The molecule has 0 spiro atoms. The predicted octanol–water partition coefficient (Wildman–Crippen LogP) is 2.83. The molecule has 1 atom stereocenters. The summed E-state index contributed by atoms with van der Waals surface area (Å²) in [4.78, 5) is 6.94. The first-order valence-corrected chi connectivity index (χ1v) is 8.35. The van der Waals surface area contributed by atoms with Crippen LogP contribution in [0.3, 0.4) is 0 Å². The number of aliphatic imine (C=N–C) groups is 1. The summed E-state index contributed by atoms with van der Waals surface area (Å²) < 4.78 is 0. The Kier molecular flexibility index (Phi) is 8.31. The van der Waals surface area contributed by atoms with E-state index in [-0.39, 0.29) is 24.0 Å². The Morgan fingerprint density at radius 3 is 2.57 bits per heavy atom. The summed E-state index contributed by atoms with van der Waals surface area (Å²) >= 11 is 0. The van der Waals surface area contributed by atoms with Crippen LogP contribution < -0.4 is 10.6 Å². The molecule has 0 bridgehead atoms. The zero-order valence-electron chi connectivity index (χ0n) is 14.0. The van der Waals surface area contributed by atoms with Crippen molar-refractivity contribution in [1.29, 1.82) is 0 Å². The van der Waals surface area contributed by atoms with Gasteiger partial charge in [-0.3, -0.25) is 9.89 Å². The van der Waals surface area contributed by atoms with Crippen LogP contribution in [0, 0.1) is 5.41 Å². The van der Waals surface area contributed by atoms with Gasteiger partial charge < -0.3 is 10.6 Å². The highest BCUT2D eigenvalue weighted by Gasteiger charge is 2.28. The molecule has 1 unspecified atom stereocenters. The highest BCUT2D eigenvalue weighted by Crippen LogP contribution is 2.36. The molecular formula is C16H33IN4. The Morgan fingerprint density at radius 2 is 1.95 bits per heavy atom. The van der Waals surface area contributed by atoms with Crippen molar-refractivity contribution in [2.75, 3.05) is 33.2 Å². The minimum absolute atomic E-state index is 0. The molecule has 21 heavy (non-hydrogen) atoms. The van der Waals surface area contributed by atoms with Crippen molar-refractivity contribution in [2.45, 2.75) is 58.4 Å². The van der Waals surface area contributed by atoms with Crippen LogP contribution in [-0.2, 0) is 0 Å². The minimum atomic E-state index is 0. The van der Waals surface area contributed by atoms with Gasteiger partial charge in [-0.15, -0.1) is 24.0 Å². The van der Waals surface area contributed by atoms with E-state index in [1.165, 1.54) is 45.1 Å². The van der Waals surface area contributed by atoms with Gasteiger partial charge in [0, 0.05) is 26.2 Å². The lowest BCUT2D eigenvalue weighted by atomic mass is 9.89. The quantitative estimate of drug-likeness (QED) is 0.418. The van der Waals surface area contributed by atoms with Crippen molar-refractivity contribution in [3.05, 3.63) is 0 Å². The molecule has 2 N–H and O–H groups in total. The van der Waals surface area contributed by atoms with E-state index in [9.17, 15) is 0 Å².